The maximum Gasteiger partial charge on any atom is 0.407 e. The van der Waals surface area contributed by atoms with Crippen molar-refractivity contribution in [2.75, 3.05) is 13.2 Å². The number of alkyl carbamates (subject to hydrolysis) is 1. The summed E-state index contributed by atoms with van der Waals surface area (Å²) in [7, 11) is 0. The fourth-order valence-corrected chi connectivity index (χ4v) is 2.83. The minimum absolute atomic E-state index is 0.237. The van der Waals surface area contributed by atoms with E-state index in [4.69, 9.17) is 9.47 Å². The van der Waals surface area contributed by atoms with Crippen LogP contribution in [0.2, 0.25) is 0 Å². The zero-order valence-corrected chi connectivity index (χ0v) is 17.3. The summed E-state index contributed by atoms with van der Waals surface area (Å²) >= 11 is 0. The molecule has 1 aromatic carbocycles. The summed E-state index contributed by atoms with van der Waals surface area (Å²) in [4.78, 5) is 20.8. The number of hydrogen-bond acceptors (Lipinski definition) is 6. The Bertz CT molecular complexity index is 1020. The molecule has 0 saturated heterocycles. The monoisotopic (exact) mass is 397 g/mol. The molecular weight excluding hydrogens is 370 g/mol. The van der Waals surface area contributed by atoms with Gasteiger partial charge >= 0.3 is 6.09 Å². The van der Waals surface area contributed by atoms with Crippen LogP contribution in [0, 0.1) is 0 Å². The van der Waals surface area contributed by atoms with Crippen molar-refractivity contribution in [2.45, 2.75) is 46.3 Å². The smallest absolute Gasteiger partial charge is 0.407 e. The van der Waals surface area contributed by atoms with Crippen molar-refractivity contribution in [2.24, 2.45) is 5.10 Å². The average molecular weight is 397 g/mol. The molecule has 3 aromatic rings. The van der Waals surface area contributed by atoms with Crippen LogP contribution in [0.25, 0.3) is 21.9 Å². The largest absolute Gasteiger partial charge is 0.449 e. The number of imidazole rings is 1. The molecule has 0 aliphatic rings. The van der Waals surface area contributed by atoms with Crippen molar-refractivity contribution in [3.63, 3.8) is 0 Å². The van der Waals surface area contributed by atoms with E-state index in [2.05, 4.69) is 20.4 Å². The number of rotatable bonds is 7. The summed E-state index contributed by atoms with van der Waals surface area (Å²) in [6.07, 6.45) is 3.51. The van der Waals surface area contributed by atoms with Gasteiger partial charge in [-0.2, -0.15) is 5.10 Å². The topological polar surface area (TPSA) is 90.6 Å². The Hall–Kier alpha value is -3.00. The van der Waals surface area contributed by atoms with E-state index in [0.29, 0.717) is 25.5 Å². The predicted octanol–water partition coefficient (Wildman–Crippen LogP) is 3.87. The van der Waals surface area contributed by atoms with Gasteiger partial charge in [-0.25, -0.2) is 14.5 Å². The maximum absolute atomic E-state index is 11.7. The summed E-state index contributed by atoms with van der Waals surface area (Å²) in [5.41, 5.74) is 2.19. The van der Waals surface area contributed by atoms with Crippen LogP contribution in [0.15, 0.2) is 35.6 Å². The molecule has 29 heavy (non-hydrogen) atoms. The van der Waals surface area contributed by atoms with E-state index >= 15 is 0 Å². The van der Waals surface area contributed by atoms with Crippen molar-refractivity contribution >= 4 is 34.2 Å². The minimum atomic E-state index is -0.437. The first-order valence-corrected chi connectivity index (χ1v) is 9.69. The normalized spacial score (nSPS) is 12.1. The number of benzene rings is 1. The summed E-state index contributed by atoms with van der Waals surface area (Å²) in [5.74, 6) is 0.697. The molecule has 2 aromatic heterocycles. The molecule has 154 valence electrons. The van der Waals surface area contributed by atoms with Gasteiger partial charge in [0.05, 0.1) is 18.3 Å². The Morgan fingerprint density at radius 1 is 1.28 bits per heavy atom. The van der Waals surface area contributed by atoms with Crippen molar-refractivity contribution in [3.8, 4) is 0 Å². The maximum atomic E-state index is 11.7. The second-order valence-corrected chi connectivity index (χ2v) is 7.58. The quantitative estimate of drug-likeness (QED) is 0.483. The molecule has 1 N–H and O–H groups in total. The Morgan fingerprint density at radius 3 is 2.83 bits per heavy atom. The third-order valence-electron chi connectivity index (χ3n) is 4.02. The predicted molar refractivity (Wildman–Crippen MR) is 113 cm³/mol. The van der Waals surface area contributed by atoms with Crippen LogP contribution in [0.1, 0.15) is 39.9 Å². The van der Waals surface area contributed by atoms with Gasteiger partial charge in [-0.15, -0.1) is 0 Å². The number of ether oxygens (including phenoxy) is 2. The number of carbonyl (C=O) groups excluding carboxylic acids is 1. The second-order valence-electron chi connectivity index (χ2n) is 7.58. The van der Waals surface area contributed by atoms with Crippen molar-refractivity contribution in [1.29, 1.82) is 0 Å². The van der Waals surface area contributed by atoms with E-state index in [0.717, 1.165) is 21.9 Å². The summed E-state index contributed by atoms with van der Waals surface area (Å²) in [6, 6.07) is 7.88. The van der Waals surface area contributed by atoms with Crippen molar-refractivity contribution in [3.05, 3.63) is 36.3 Å². The molecule has 0 unspecified atom stereocenters. The average Bonchev–Trinajstić information content (AvgIpc) is 3.02. The standard InChI is InChI=1S/C21H27N5O3/c1-5-28-14-18-24-17-13-22-16-10-7-6-9-15(16)19(17)26(18)23-11-8-12-29-20(27)25-21(2,3)4/h6-7,9-11,13H,5,8,12,14H2,1-4H3,(H,25,27). The number of amides is 1. The first-order chi connectivity index (χ1) is 13.9. The lowest BCUT2D eigenvalue weighted by Gasteiger charge is -2.19. The molecule has 0 aliphatic heterocycles. The molecule has 8 heteroatoms. The number of fused-ring (bicyclic) bond motifs is 3. The summed E-state index contributed by atoms with van der Waals surface area (Å²) in [5, 5.41) is 8.30. The third-order valence-corrected chi connectivity index (χ3v) is 4.02. The molecule has 0 atom stereocenters. The fraction of sp³-hybridized carbons (Fsp3) is 0.429. The Kier molecular flexibility index (Phi) is 6.43. The van der Waals surface area contributed by atoms with Gasteiger partial charge in [-0.1, -0.05) is 18.2 Å². The molecule has 0 spiro atoms. The van der Waals surface area contributed by atoms with Crippen LogP contribution in [0.3, 0.4) is 0 Å². The highest BCUT2D eigenvalue weighted by atomic mass is 16.5. The van der Waals surface area contributed by atoms with Crippen LogP contribution < -0.4 is 5.32 Å². The lowest BCUT2D eigenvalue weighted by molar-refractivity contribution is 0.126. The number of aromatic nitrogens is 3. The van der Waals surface area contributed by atoms with Crippen LogP contribution in [0.4, 0.5) is 4.79 Å². The third kappa shape index (κ3) is 5.29. The van der Waals surface area contributed by atoms with Gasteiger partial charge in [-0.3, -0.25) is 4.98 Å². The second kappa shape index (κ2) is 9.00. The van der Waals surface area contributed by atoms with Crippen LogP contribution in [-0.4, -0.2) is 45.7 Å². The van der Waals surface area contributed by atoms with Gasteiger partial charge in [0, 0.05) is 30.2 Å². The van der Waals surface area contributed by atoms with E-state index in [1.807, 2.05) is 52.0 Å². The summed E-state index contributed by atoms with van der Waals surface area (Å²) < 4.78 is 12.5. The number of para-hydroxylation sites is 1. The van der Waals surface area contributed by atoms with E-state index in [9.17, 15) is 4.79 Å². The molecular formula is C21H27N5O3. The number of nitrogens with zero attached hydrogens (tertiary/aromatic N) is 4. The molecule has 1 amide bonds. The molecule has 8 nitrogen and oxygen atoms in total. The fourth-order valence-electron chi connectivity index (χ4n) is 2.83. The number of pyridine rings is 1. The van der Waals surface area contributed by atoms with E-state index in [-0.39, 0.29) is 12.1 Å². The molecule has 0 aliphatic carbocycles. The molecule has 0 fully saturated rings. The van der Waals surface area contributed by atoms with Crippen LogP contribution in [-0.2, 0) is 16.1 Å². The molecule has 0 radical (unpaired) electrons. The first kappa shape index (κ1) is 20.7. The molecule has 2 heterocycles. The van der Waals surface area contributed by atoms with Gasteiger partial charge in [0.1, 0.15) is 17.6 Å². The lowest BCUT2D eigenvalue weighted by atomic mass is 10.1. The highest BCUT2D eigenvalue weighted by Gasteiger charge is 2.15. The van der Waals surface area contributed by atoms with E-state index in [1.54, 1.807) is 17.1 Å². The number of carbonyl (C=O) groups is 1. The highest BCUT2D eigenvalue weighted by molar-refractivity contribution is 6.02. The lowest BCUT2D eigenvalue weighted by Crippen LogP contribution is -2.41. The van der Waals surface area contributed by atoms with Gasteiger partial charge in [-0.05, 0) is 33.8 Å². The van der Waals surface area contributed by atoms with Gasteiger partial charge in [0.2, 0.25) is 0 Å². The SMILES string of the molecule is CCOCc1nc2cnc3ccccc3c2n1N=CCCOC(=O)NC(C)(C)C. The highest BCUT2D eigenvalue weighted by Crippen LogP contribution is 2.25. The molecule has 0 saturated carbocycles. The Labute approximate surface area is 169 Å². The van der Waals surface area contributed by atoms with E-state index in [1.165, 1.54) is 0 Å². The Balaban J connectivity index is 1.80. The summed E-state index contributed by atoms with van der Waals surface area (Å²) in [6.45, 7) is 8.81. The van der Waals surface area contributed by atoms with Crippen LogP contribution >= 0.6 is 0 Å². The van der Waals surface area contributed by atoms with E-state index < -0.39 is 6.09 Å². The molecule has 0 bridgehead atoms. The van der Waals surface area contributed by atoms with Crippen LogP contribution in [0.5, 0.6) is 0 Å². The zero-order valence-electron chi connectivity index (χ0n) is 17.3. The van der Waals surface area contributed by atoms with Crippen molar-refractivity contribution in [1.82, 2.24) is 20.0 Å². The Morgan fingerprint density at radius 2 is 2.07 bits per heavy atom. The van der Waals surface area contributed by atoms with Crippen molar-refractivity contribution < 1.29 is 14.3 Å². The minimum Gasteiger partial charge on any atom is -0.449 e. The van der Waals surface area contributed by atoms with Gasteiger partial charge in [0.15, 0.2) is 5.82 Å². The van der Waals surface area contributed by atoms with Gasteiger partial charge in [0.25, 0.3) is 0 Å². The first-order valence-electron chi connectivity index (χ1n) is 9.69. The number of hydrogen-bond donors (Lipinski definition) is 1. The molecule has 3 rings (SSSR count). The number of nitrogens with one attached hydrogen (secondary N) is 1. The zero-order chi connectivity index (χ0) is 20.9. The van der Waals surface area contributed by atoms with Gasteiger partial charge < -0.3 is 14.8 Å².